The fourth-order valence-corrected chi connectivity index (χ4v) is 2.35. The predicted molar refractivity (Wildman–Crippen MR) is 89.3 cm³/mol. The van der Waals surface area contributed by atoms with Gasteiger partial charge in [0.05, 0.1) is 5.54 Å². The summed E-state index contributed by atoms with van der Waals surface area (Å²) in [7, 11) is 4.04. The van der Waals surface area contributed by atoms with Crippen molar-refractivity contribution in [2.75, 3.05) is 19.0 Å². The van der Waals surface area contributed by atoms with Gasteiger partial charge in [-0.15, -0.1) is 0 Å². The second-order valence-electron chi connectivity index (χ2n) is 6.38. The molecule has 0 radical (unpaired) electrons. The molecule has 124 valence electrons. The van der Waals surface area contributed by atoms with Gasteiger partial charge >= 0.3 is 0 Å². The molecule has 1 N–H and O–H groups in total. The number of aromatic nitrogens is 2. The van der Waals surface area contributed by atoms with Gasteiger partial charge in [-0.3, -0.25) is 4.79 Å². The van der Waals surface area contributed by atoms with Crippen LogP contribution < -0.4 is 10.2 Å². The van der Waals surface area contributed by atoms with Crippen LogP contribution in [0.25, 0.3) is 0 Å². The van der Waals surface area contributed by atoms with E-state index < -0.39 is 5.54 Å². The first-order valence-electron chi connectivity index (χ1n) is 7.66. The van der Waals surface area contributed by atoms with Crippen LogP contribution in [0.15, 0.2) is 28.8 Å². The summed E-state index contributed by atoms with van der Waals surface area (Å²) < 4.78 is 5.31. The lowest BCUT2D eigenvalue weighted by molar-refractivity contribution is -0.120. The minimum Gasteiger partial charge on any atom is -0.378 e. The van der Waals surface area contributed by atoms with Gasteiger partial charge in [0, 0.05) is 33.1 Å². The van der Waals surface area contributed by atoms with Crippen molar-refractivity contribution in [3.8, 4) is 0 Å². The standard InChI is InChI=1S/C17H24N4O2/c1-12(22)19-17(2,3)16-18-15(23-20-16)10-9-13-7-6-8-14(11-13)21(4)5/h6-8,11H,9-10H2,1-5H3,(H,19,22). The van der Waals surface area contributed by atoms with Gasteiger partial charge in [-0.05, 0) is 38.0 Å². The van der Waals surface area contributed by atoms with Crippen LogP contribution in [0.3, 0.4) is 0 Å². The molecule has 0 aliphatic heterocycles. The molecule has 0 spiro atoms. The van der Waals surface area contributed by atoms with E-state index in [0.717, 1.165) is 6.42 Å². The third kappa shape index (κ3) is 4.55. The molecule has 0 atom stereocenters. The van der Waals surface area contributed by atoms with Gasteiger partial charge in [0.15, 0.2) is 5.82 Å². The van der Waals surface area contributed by atoms with E-state index in [1.54, 1.807) is 0 Å². The lowest BCUT2D eigenvalue weighted by atomic mass is 10.1. The molecule has 6 nitrogen and oxygen atoms in total. The first-order chi connectivity index (χ1) is 10.8. The first kappa shape index (κ1) is 17.0. The van der Waals surface area contributed by atoms with E-state index in [9.17, 15) is 4.79 Å². The molecule has 0 bridgehead atoms. The summed E-state index contributed by atoms with van der Waals surface area (Å²) in [6.07, 6.45) is 1.49. The molecule has 1 amide bonds. The Kier molecular flexibility index (Phi) is 5.03. The van der Waals surface area contributed by atoms with Crippen molar-refractivity contribution < 1.29 is 9.32 Å². The van der Waals surface area contributed by atoms with E-state index in [1.807, 2.05) is 34.0 Å². The zero-order valence-corrected chi connectivity index (χ0v) is 14.4. The lowest BCUT2D eigenvalue weighted by Crippen LogP contribution is -2.40. The summed E-state index contributed by atoms with van der Waals surface area (Å²) in [5.74, 6) is 0.945. The van der Waals surface area contributed by atoms with Crippen LogP contribution in [-0.4, -0.2) is 30.1 Å². The molecule has 1 heterocycles. The quantitative estimate of drug-likeness (QED) is 0.885. The highest BCUT2D eigenvalue weighted by atomic mass is 16.5. The van der Waals surface area contributed by atoms with Crippen molar-refractivity contribution in [2.24, 2.45) is 0 Å². The molecular weight excluding hydrogens is 292 g/mol. The largest absolute Gasteiger partial charge is 0.378 e. The van der Waals surface area contributed by atoms with E-state index in [2.05, 4.69) is 38.6 Å². The van der Waals surface area contributed by atoms with Crippen LogP contribution in [0, 0.1) is 0 Å². The van der Waals surface area contributed by atoms with E-state index in [0.29, 0.717) is 18.1 Å². The molecule has 23 heavy (non-hydrogen) atoms. The van der Waals surface area contributed by atoms with Crippen LogP contribution in [-0.2, 0) is 23.2 Å². The predicted octanol–water partition coefficient (Wildman–Crippen LogP) is 2.29. The number of hydrogen-bond acceptors (Lipinski definition) is 5. The fraction of sp³-hybridized carbons (Fsp3) is 0.471. The van der Waals surface area contributed by atoms with Crippen molar-refractivity contribution in [2.45, 2.75) is 39.2 Å². The van der Waals surface area contributed by atoms with Gasteiger partial charge in [-0.25, -0.2) is 0 Å². The Morgan fingerprint density at radius 1 is 1.30 bits per heavy atom. The van der Waals surface area contributed by atoms with E-state index in [-0.39, 0.29) is 5.91 Å². The monoisotopic (exact) mass is 316 g/mol. The summed E-state index contributed by atoms with van der Waals surface area (Å²) in [6, 6.07) is 8.36. The van der Waals surface area contributed by atoms with Gasteiger partial charge < -0.3 is 14.7 Å². The minimum atomic E-state index is -0.640. The van der Waals surface area contributed by atoms with Crippen molar-refractivity contribution in [1.29, 1.82) is 0 Å². The molecule has 1 aromatic heterocycles. The van der Waals surface area contributed by atoms with Gasteiger partial charge in [0.2, 0.25) is 11.8 Å². The van der Waals surface area contributed by atoms with Gasteiger partial charge in [0.25, 0.3) is 0 Å². The average molecular weight is 316 g/mol. The van der Waals surface area contributed by atoms with Crippen molar-refractivity contribution in [1.82, 2.24) is 15.5 Å². The maximum atomic E-state index is 11.2. The van der Waals surface area contributed by atoms with Crippen molar-refractivity contribution in [3.63, 3.8) is 0 Å². The number of nitrogens with zero attached hydrogens (tertiary/aromatic N) is 3. The number of carbonyl (C=O) groups is 1. The molecule has 6 heteroatoms. The zero-order chi connectivity index (χ0) is 17.0. The average Bonchev–Trinajstić information content (AvgIpc) is 2.94. The van der Waals surface area contributed by atoms with Gasteiger partial charge in [-0.1, -0.05) is 17.3 Å². The third-order valence-corrected chi connectivity index (χ3v) is 3.57. The third-order valence-electron chi connectivity index (χ3n) is 3.57. The molecule has 0 saturated heterocycles. The number of hydrogen-bond donors (Lipinski definition) is 1. The number of amides is 1. The highest BCUT2D eigenvalue weighted by molar-refractivity contribution is 5.73. The Morgan fingerprint density at radius 2 is 2.04 bits per heavy atom. The Morgan fingerprint density at radius 3 is 2.70 bits per heavy atom. The molecule has 2 rings (SSSR count). The van der Waals surface area contributed by atoms with Crippen molar-refractivity contribution >= 4 is 11.6 Å². The molecule has 0 aliphatic rings. The summed E-state index contributed by atoms with van der Waals surface area (Å²) in [4.78, 5) is 17.7. The second kappa shape index (κ2) is 6.81. The number of benzene rings is 1. The molecule has 0 fully saturated rings. The number of anilines is 1. The summed E-state index contributed by atoms with van der Waals surface area (Å²) >= 11 is 0. The zero-order valence-electron chi connectivity index (χ0n) is 14.4. The van der Waals surface area contributed by atoms with Crippen LogP contribution >= 0.6 is 0 Å². The maximum Gasteiger partial charge on any atom is 0.227 e. The minimum absolute atomic E-state index is 0.123. The highest BCUT2D eigenvalue weighted by Crippen LogP contribution is 2.18. The van der Waals surface area contributed by atoms with E-state index >= 15 is 0 Å². The Labute approximate surface area is 136 Å². The smallest absolute Gasteiger partial charge is 0.227 e. The normalized spacial score (nSPS) is 11.3. The molecule has 0 aliphatic carbocycles. The first-order valence-corrected chi connectivity index (χ1v) is 7.66. The number of carbonyl (C=O) groups excluding carboxylic acids is 1. The number of nitrogens with one attached hydrogen (secondary N) is 1. The van der Waals surface area contributed by atoms with E-state index in [1.165, 1.54) is 18.2 Å². The van der Waals surface area contributed by atoms with Crippen LogP contribution in [0.1, 0.15) is 38.0 Å². The summed E-state index contributed by atoms with van der Waals surface area (Å²) in [5.41, 5.74) is 1.75. The number of rotatable bonds is 6. The van der Waals surface area contributed by atoms with Gasteiger partial charge in [0.1, 0.15) is 0 Å². The number of aryl methyl sites for hydroxylation is 2. The summed E-state index contributed by atoms with van der Waals surface area (Å²) in [6.45, 7) is 5.17. The molecule has 0 unspecified atom stereocenters. The Bertz CT molecular complexity index is 677. The van der Waals surface area contributed by atoms with Crippen LogP contribution in [0.5, 0.6) is 0 Å². The maximum absolute atomic E-state index is 11.2. The molecule has 0 saturated carbocycles. The van der Waals surface area contributed by atoms with E-state index in [4.69, 9.17) is 4.52 Å². The Hall–Kier alpha value is -2.37. The Balaban J connectivity index is 2.02. The second-order valence-corrected chi connectivity index (χ2v) is 6.38. The fourth-order valence-electron chi connectivity index (χ4n) is 2.35. The van der Waals surface area contributed by atoms with Crippen LogP contribution in [0.4, 0.5) is 5.69 Å². The van der Waals surface area contributed by atoms with Gasteiger partial charge in [-0.2, -0.15) is 4.98 Å². The summed E-state index contributed by atoms with van der Waals surface area (Å²) in [5, 5.41) is 6.80. The lowest BCUT2D eigenvalue weighted by Gasteiger charge is -2.20. The SMILES string of the molecule is CC(=O)NC(C)(C)c1noc(CCc2cccc(N(C)C)c2)n1. The molecule has 2 aromatic rings. The molecular formula is C17H24N4O2. The topological polar surface area (TPSA) is 71.3 Å². The van der Waals surface area contributed by atoms with Crippen LogP contribution in [0.2, 0.25) is 0 Å². The highest BCUT2D eigenvalue weighted by Gasteiger charge is 2.27. The van der Waals surface area contributed by atoms with Crippen molar-refractivity contribution in [3.05, 3.63) is 41.5 Å². The molecule has 1 aromatic carbocycles.